The summed E-state index contributed by atoms with van der Waals surface area (Å²) in [6, 6.07) is 10.6. The van der Waals surface area contributed by atoms with Crippen LogP contribution in [0.1, 0.15) is 0 Å². The third kappa shape index (κ3) is 4.05. The summed E-state index contributed by atoms with van der Waals surface area (Å²) >= 11 is 13.9. The molecule has 6 nitrogen and oxygen atoms in total. The number of hydrogen-bond acceptors (Lipinski definition) is 4. The van der Waals surface area contributed by atoms with E-state index in [9.17, 15) is 14.4 Å². The van der Waals surface area contributed by atoms with Crippen LogP contribution >= 0.6 is 45.8 Å². The van der Waals surface area contributed by atoms with E-state index < -0.39 is 23.8 Å². The van der Waals surface area contributed by atoms with Gasteiger partial charge in [0.05, 0.1) is 11.4 Å². The first-order valence-electron chi connectivity index (χ1n) is 7.30. The number of halogens is 3. The summed E-state index contributed by atoms with van der Waals surface area (Å²) in [6.07, 6.45) is 1.17. The normalized spacial score (nSPS) is 17.7. The number of barbiturate groups is 1. The van der Waals surface area contributed by atoms with Gasteiger partial charge in [-0.15, -0.1) is 0 Å². The van der Waals surface area contributed by atoms with E-state index >= 15 is 0 Å². The number of nitrogens with one attached hydrogen (secondary N) is 1. The van der Waals surface area contributed by atoms with Crippen LogP contribution in [0.2, 0.25) is 10.0 Å². The summed E-state index contributed by atoms with van der Waals surface area (Å²) < 4.78 is 0.947. The Morgan fingerprint density at radius 3 is 2.27 bits per heavy atom. The van der Waals surface area contributed by atoms with Gasteiger partial charge in [0.2, 0.25) is 5.91 Å². The Balaban J connectivity index is 1.90. The topological polar surface area (TPSA) is 78.8 Å². The van der Waals surface area contributed by atoms with Crippen molar-refractivity contribution in [2.24, 2.45) is 10.9 Å². The van der Waals surface area contributed by atoms with Gasteiger partial charge in [-0.2, -0.15) is 0 Å². The first-order chi connectivity index (χ1) is 12.3. The van der Waals surface area contributed by atoms with Gasteiger partial charge >= 0.3 is 6.03 Å². The van der Waals surface area contributed by atoms with Crippen molar-refractivity contribution in [1.29, 1.82) is 0 Å². The van der Waals surface area contributed by atoms with Crippen LogP contribution in [0, 0.1) is 9.49 Å². The Bertz CT molecular complexity index is 911. The molecule has 132 valence electrons. The summed E-state index contributed by atoms with van der Waals surface area (Å²) in [5.74, 6) is -2.67. The highest BCUT2D eigenvalue weighted by Gasteiger charge is 2.40. The van der Waals surface area contributed by atoms with Crippen LogP contribution in [0.25, 0.3) is 0 Å². The fourth-order valence-electron chi connectivity index (χ4n) is 2.33. The predicted molar refractivity (Wildman–Crippen MR) is 108 cm³/mol. The fourth-order valence-corrected chi connectivity index (χ4v) is 3.20. The molecule has 1 aliphatic rings. The summed E-state index contributed by atoms with van der Waals surface area (Å²) in [5, 5.41) is 2.91. The molecule has 0 bridgehead atoms. The van der Waals surface area contributed by atoms with Gasteiger partial charge < -0.3 is 0 Å². The van der Waals surface area contributed by atoms with Gasteiger partial charge in [0, 0.05) is 19.8 Å². The largest absolute Gasteiger partial charge is 0.335 e. The average Bonchev–Trinajstić information content (AvgIpc) is 2.55. The summed E-state index contributed by atoms with van der Waals surface area (Å²) in [5.41, 5.74) is 0.755. The third-order valence-electron chi connectivity index (χ3n) is 3.51. The van der Waals surface area contributed by atoms with E-state index in [1.165, 1.54) is 24.4 Å². The van der Waals surface area contributed by atoms with Gasteiger partial charge in [0.15, 0.2) is 5.92 Å². The Labute approximate surface area is 172 Å². The molecule has 0 saturated carbocycles. The second-order valence-electron chi connectivity index (χ2n) is 5.33. The van der Waals surface area contributed by atoms with Crippen LogP contribution in [0.15, 0.2) is 47.5 Å². The van der Waals surface area contributed by atoms with E-state index in [2.05, 4.69) is 32.9 Å². The molecule has 1 heterocycles. The third-order valence-corrected chi connectivity index (χ3v) is 4.66. The van der Waals surface area contributed by atoms with Gasteiger partial charge in [-0.25, -0.2) is 9.69 Å². The SMILES string of the molecule is O=C1NC(=O)N(c2ccc(I)cc2)C(=O)[C@@H]1C=Nc1cc(Cl)cc(Cl)c1. The minimum Gasteiger partial charge on any atom is -0.276 e. The van der Waals surface area contributed by atoms with Crippen LogP contribution in [0.3, 0.4) is 0 Å². The Hall–Kier alpha value is -1.97. The Morgan fingerprint density at radius 2 is 1.65 bits per heavy atom. The van der Waals surface area contributed by atoms with Crippen molar-refractivity contribution in [3.05, 3.63) is 56.1 Å². The van der Waals surface area contributed by atoms with E-state index in [-0.39, 0.29) is 0 Å². The molecule has 0 radical (unpaired) electrons. The molecular weight excluding hydrogens is 492 g/mol. The fraction of sp³-hybridized carbons (Fsp3) is 0.0588. The molecule has 1 aliphatic heterocycles. The zero-order valence-electron chi connectivity index (χ0n) is 12.9. The lowest BCUT2D eigenvalue weighted by atomic mass is 10.1. The van der Waals surface area contributed by atoms with Gasteiger partial charge in [0.25, 0.3) is 5.91 Å². The Kier molecular flexibility index (Phi) is 5.59. The molecule has 9 heteroatoms. The molecule has 1 saturated heterocycles. The van der Waals surface area contributed by atoms with Crippen LogP contribution in [0.5, 0.6) is 0 Å². The highest BCUT2D eigenvalue weighted by atomic mass is 127. The first-order valence-corrected chi connectivity index (χ1v) is 9.13. The van der Waals surface area contributed by atoms with Crippen molar-refractivity contribution in [2.45, 2.75) is 0 Å². The molecule has 0 aliphatic carbocycles. The molecule has 1 atom stereocenters. The maximum Gasteiger partial charge on any atom is 0.335 e. The minimum absolute atomic E-state index is 0.365. The number of rotatable bonds is 3. The van der Waals surface area contributed by atoms with Gasteiger partial charge in [0.1, 0.15) is 0 Å². The number of urea groups is 1. The number of nitrogens with zero attached hydrogens (tertiary/aromatic N) is 2. The van der Waals surface area contributed by atoms with Crippen LogP contribution in [-0.2, 0) is 9.59 Å². The predicted octanol–water partition coefficient (Wildman–Crippen LogP) is 4.20. The second-order valence-corrected chi connectivity index (χ2v) is 7.45. The van der Waals surface area contributed by atoms with Crippen molar-refractivity contribution in [3.63, 3.8) is 0 Å². The van der Waals surface area contributed by atoms with Gasteiger partial charge in [-0.3, -0.25) is 19.9 Å². The van der Waals surface area contributed by atoms with E-state index in [1.807, 2.05) is 0 Å². The maximum atomic E-state index is 12.7. The number of anilines is 1. The molecule has 3 rings (SSSR count). The summed E-state index contributed by atoms with van der Waals surface area (Å²) in [6.45, 7) is 0. The Morgan fingerprint density at radius 1 is 1.04 bits per heavy atom. The van der Waals surface area contributed by atoms with Crippen LogP contribution in [0.4, 0.5) is 16.2 Å². The lowest BCUT2D eigenvalue weighted by Crippen LogP contribution is -2.58. The number of carbonyl (C=O) groups is 3. The van der Waals surface area contributed by atoms with Crippen LogP contribution < -0.4 is 10.2 Å². The van der Waals surface area contributed by atoms with E-state index in [4.69, 9.17) is 23.2 Å². The number of aliphatic imine (C=N–C) groups is 1. The average molecular weight is 502 g/mol. The number of imide groups is 2. The highest BCUT2D eigenvalue weighted by Crippen LogP contribution is 2.25. The van der Waals surface area contributed by atoms with Crippen molar-refractivity contribution in [1.82, 2.24) is 5.32 Å². The van der Waals surface area contributed by atoms with E-state index in [1.54, 1.807) is 24.3 Å². The summed E-state index contributed by atoms with van der Waals surface area (Å²) in [7, 11) is 0. The zero-order chi connectivity index (χ0) is 18.8. The zero-order valence-corrected chi connectivity index (χ0v) is 16.6. The lowest BCUT2D eigenvalue weighted by molar-refractivity contribution is -0.131. The molecule has 0 aromatic heterocycles. The molecule has 2 aromatic carbocycles. The second kappa shape index (κ2) is 7.73. The number of carbonyl (C=O) groups excluding carboxylic acids is 3. The lowest BCUT2D eigenvalue weighted by Gasteiger charge is -2.28. The van der Waals surface area contributed by atoms with Crippen LogP contribution in [-0.4, -0.2) is 24.1 Å². The van der Waals surface area contributed by atoms with Crippen molar-refractivity contribution in [3.8, 4) is 0 Å². The van der Waals surface area contributed by atoms with Gasteiger partial charge in [-0.1, -0.05) is 23.2 Å². The molecule has 0 unspecified atom stereocenters. The minimum atomic E-state index is -1.25. The monoisotopic (exact) mass is 501 g/mol. The summed E-state index contributed by atoms with van der Waals surface area (Å²) in [4.78, 5) is 41.9. The number of benzene rings is 2. The molecule has 2 aromatic rings. The van der Waals surface area contributed by atoms with E-state index in [0.29, 0.717) is 21.4 Å². The smallest absolute Gasteiger partial charge is 0.276 e. The maximum absolute atomic E-state index is 12.7. The van der Waals surface area contributed by atoms with Crippen molar-refractivity contribution >= 4 is 81.2 Å². The van der Waals surface area contributed by atoms with Crippen molar-refractivity contribution < 1.29 is 14.4 Å². The quantitative estimate of drug-likeness (QED) is 0.389. The molecule has 1 N–H and O–H groups in total. The standard InChI is InChI=1S/C17H10Cl2IN3O3/c18-9-5-10(19)7-12(6-9)21-8-14-15(24)22-17(26)23(16(14)25)13-3-1-11(20)2-4-13/h1-8,14H,(H,22,24,26)/t14-/m1/s1. The molecule has 4 amide bonds. The molecule has 0 spiro atoms. The van der Waals surface area contributed by atoms with Crippen molar-refractivity contribution in [2.75, 3.05) is 4.90 Å². The first kappa shape index (κ1) is 18.8. The van der Waals surface area contributed by atoms with E-state index in [0.717, 1.165) is 8.47 Å². The number of hydrogen-bond donors (Lipinski definition) is 1. The molecular formula is C17H10Cl2IN3O3. The molecule has 1 fully saturated rings. The highest BCUT2D eigenvalue weighted by molar-refractivity contribution is 14.1. The van der Waals surface area contributed by atoms with Gasteiger partial charge in [-0.05, 0) is 65.1 Å². The number of amides is 4. The molecule has 26 heavy (non-hydrogen) atoms.